The molecule has 8 heteroatoms. The Morgan fingerprint density at radius 3 is 2.92 bits per heavy atom. The molecule has 4 rings (SSSR count). The van der Waals surface area contributed by atoms with Crippen molar-refractivity contribution in [3.05, 3.63) is 33.8 Å². The van der Waals surface area contributed by atoms with Crippen LogP contribution in [-0.2, 0) is 16.1 Å². The molecule has 7 nitrogen and oxygen atoms in total. The van der Waals surface area contributed by atoms with Crippen LogP contribution in [-0.4, -0.2) is 65.8 Å². The summed E-state index contributed by atoms with van der Waals surface area (Å²) < 4.78 is 11.0. The van der Waals surface area contributed by atoms with E-state index < -0.39 is 6.09 Å². The minimum atomic E-state index is -0.886. The number of ether oxygens (including phenoxy) is 2. The van der Waals surface area contributed by atoms with Crippen molar-refractivity contribution in [2.75, 3.05) is 32.8 Å². The highest BCUT2D eigenvalue weighted by Gasteiger charge is 2.37. The summed E-state index contributed by atoms with van der Waals surface area (Å²) in [4.78, 5) is 26.4. The highest BCUT2D eigenvalue weighted by molar-refractivity contribution is 6.32. The smallest absolute Gasteiger partial charge is 0.407 e. The Morgan fingerprint density at radius 1 is 1.29 bits per heavy atom. The fraction of sp³-hybridized carbons (Fsp3) is 0.500. The molecule has 3 aliphatic heterocycles. The maximum absolute atomic E-state index is 11.6. The molecule has 0 spiro atoms. The second kappa shape index (κ2) is 5.91. The predicted octanol–water partition coefficient (Wildman–Crippen LogP) is 1.75. The minimum absolute atomic E-state index is 0.0733. The predicted molar refractivity (Wildman–Crippen MR) is 84.2 cm³/mol. The lowest BCUT2D eigenvalue weighted by Gasteiger charge is -2.45. The third kappa shape index (κ3) is 2.53. The SMILES string of the molecule is O=C1OCc2c1ccc([C@@H]1CN3CCN(C(=O)O)C[C@H]3CO1)c2Cl. The summed E-state index contributed by atoms with van der Waals surface area (Å²) in [5, 5.41) is 9.65. The quantitative estimate of drug-likeness (QED) is 0.776. The van der Waals surface area contributed by atoms with Gasteiger partial charge in [0.15, 0.2) is 0 Å². The van der Waals surface area contributed by atoms with E-state index in [4.69, 9.17) is 26.2 Å². The Morgan fingerprint density at radius 2 is 2.12 bits per heavy atom. The number of rotatable bonds is 1. The molecule has 2 saturated heterocycles. The Kier molecular flexibility index (Phi) is 3.86. The number of hydrogen-bond acceptors (Lipinski definition) is 5. The summed E-state index contributed by atoms with van der Waals surface area (Å²) in [6.45, 7) is 2.96. The van der Waals surface area contributed by atoms with E-state index >= 15 is 0 Å². The molecule has 0 aliphatic carbocycles. The number of morpholine rings is 1. The summed E-state index contributed by atoms with van der Waals surface area (Å²) in [6, 6.07) is 3.64. The molecule has 1 aromatic rings. The van der Waals surface area contributed by atoms with Gasteiger partial charge in [-0.3, -0.25) is 4.90 Å². The number of fused-ring (bicyclic) bond motifs is 2. The first-order valence-electron chi connectivity index (χ1n) is 7.86. The Bertz CT molecular complexity index is 710. The van der Waals surface area contributed by atoms with Crippen molar-refractivity contribution in [1.29, 1.82) is 0 Å². The molecule has 2 atom stereocenters. The second-order valence-electron chi connectivity index (χ2n) is 6.27. The van der Waals surface area contributed by atoms with Crippen LogP contribution in [0.25, 0.3) is 0 Å². The number of benzene rings is 1. The molecule has 0 unspecified atom stereocenters. The molecule has 3 heterocycles. The molecular formula is C16H17ClN2O5. The third-order valence-electron chi connectivity index (χ3n) is 4.95. The van der Waals surface area contributed by atoms with Gasteiger partial charge >= 0.3 is 12.1 Å². The van der Waals surface area contributed by atoms with Gasteiger partial charge in [0, 0.05) is 37.3 Å². The van der Waals surface area contributed by atoms with Gasteiger partial charge in [-0.1, -0.05) is 17.7 Å². The second-order valence-corrected chi connectivity index (χ2v) is 6.65. The molecule has 0 radical (unpaired) electrons. The maximum atomic E-state index is 11.6. The monoisotopic (exact) mass is 352 g/mol. The van der Waals surface area contributed by atoms with Crippen LogP contribution in [0.3, 0.4) is 0 Å². The van der Waals surface area contributed by atoms with E-state index in [0.717, 1.165) is 11.1 Å². The van der Waals surface area contributed by atoms with Gasteiger partial charge in [0.1, 0.15) is 6.61 Å². The number of amides is 1. The summed E-state index contributed by atoms with van der Waals surface area (Å²) >= 11 is 6.48. The van der Waals surface area contributed by atoms with Crippen molar-refractivity contribution >= 4 is 23.7 Å². The first kappa shape index (κ1) is 15.7. The normalized spacial score (nSPS) is 26.7. The molecule has 0 bridgehead atoms. The third-order valence-corrected chi connectivity index (χ3v) is 5.40. The maximum Gasteiger partial charge on any atom is 0.407 e. The standard InChI is InChI=1S/C16H17ClN2O5/c17-14-11(2-1-10-12(14)8-24-15(10)20)13-6-18-3-4-19(16(21)22)5-9(18)7-23-13/h1-2,9,13H,3-8H2,(H,21,22)/t9-,13-/m0/s1. The molecule has 0 saturated carbocycles. The van der Waals surface area contributed by atoms with Crippen LogP contribution < -0.4 is 0 Å². The van der Waals surface area contributed by atoms with Crippen molar-refractivity contribution in [3.63, 3.8) is 0 Å². The topological polar surface area (TPSA) is 79.3 Å². The zero-order valence-electron chi connectivity index (χ0n) is 12.9. The van der Waals surface area contributed by atoms with Crippen molar-refractivity contribution in [2.24, 2.45) is 0 Å². The highest BCUT2D eigenvalue weighted by Crippen LogP contribution is 2.36. The van der Waals surface area contributed by atoms with Gasteiger partial charge in [0.25, 0.3) is 0 Å². The summed E-state index contributed by atoms with van der Waals surface area (Å²) in [6.07, 6.45) is -1.07. The lowest BCUT2D eigenvalue weighted by molar-refractivity contribution is -0.0866. The van der Waals surface area contributed by atoms with E-state index in [9.17, 15) is 9.59 Å². The van der Waals surface area contributed by atoms with Gasteiger partial charge in [-0.25, -0.2) is 9.59 Å². The number of carbonyl (C=O) groups is 2. The van der Waals surface area contributed by atoms with Crippen molar-refractivity contribution in [2.45, 2.75) is 18.8 Å². The fourth-order valence-electron chi connectivity index (χ4n) is 3.58. The lowest BCUT2D eigenvalue weighted by Crippen LogP contribution is -2.59. The van der Waals surface area contributed by atoms with Crippen molar-refractivity contribution < 1.29 is 24.2 Å². The molecule has 0 aromatic heterocycles. The van der Waals surface area contributed by atoms with Crippen molar-refractivity contribution in [1.82, 2.24) is 9.80 Å². The van der Waals surface area contributed by atoms with E-state index in [1.54, 1.807) is 6.07 Å². The molecule has 1 N–H and O–H groups in total. The van der Waals surface area contributed by atoms with E-state index in [2.05, 4.69) is 4.90 Å². The fourth-order valence-corrected chi connectivity index (χ4v) is 3.92. The first-order valence-corrected chi connectivity index (χ1v) is 8.24. The van der Waals surface area contributed by atoms with E-state index in [1.165, 1.54) is 4.90 Å². The highest BCUT2D eigenvalue weighted by atomic mass is 35.5. The molecule has 128 valence electrons. The molecule has 3 aliphatic rings. The minimum Gasteiger partial charge on any atom is -0.465 e. The number of esters is 1. The Labute approximate surface area is 143 Å². The van der Waals surface area contributed by atoms with Gasteiger partial charge in [-0.15, -0.1) is 0 Å². The van der Waals surface area contributed by atoms with Crippen LogP contribution in [0.2, 0.25) is 5.02 Å². The molecule has 1 aromatic carbocycles. The number of cyclic esters (lactones) is 1. The zero-order valence-corrected chi connectivity index (χ0v) is 13.7. The number of piperazine rings is 1. The van der Waals surface area contributed by atoms with Gasteiger partial charge in [0.2, 0.25) is 0 Å². The van der Waals surface area contributed by atoms with E-state index in [-0.39, 0.29) is 24.7 Å². The van der Waals surface area contributed by atoms with E-state index in [1.807, 2.05) is 6.07 Å². The van der Waals surface area contributed by atoms with Crippen molar-refractivity contribution in [3.8, 4) is 0 Å². The van der Waals surface area contributed by atoms with Gasteiger partial charge in [-0.2, -0.15) is 0 Å². The molecule has 24 heavy (non-hydrogen) atoms. The average Bonchev–Trinajstić information content (AvgIpc) is 2.96. The van der Waals surface area contributed by atoms with Crippen LogP contribution in [0.15, 0.2) is 12.1 Å². The Hall–Kier alpha value is -1.83. The zero-order chi connectivity index (χ0) is 16.8. The van der Waals surface area contributed by atoms with Gasteiger partial charge < -0.3 is 19.5 Å². The lowest BCUT2D eigenvalue weighted by atomic mass is 9.99. The van der Waals surface area contributed by atoms with Crippen LogP contribution in [0, 0.1) is 0 Å². The number of hydrogen-bond donors (Lipinski definition) is 1. The van der Waals surface area contributed by atoms with E-state index in [0.29, 0.717) is 43.4 Å². The van der Waals surface area contributed by atoms with Gasteiger partial charge in [-0.05, 0) is 6.07 Å². The molecule has 1 amide bonds. The number of carboxylic acid groups (broad SMARTS) is 1. The summed E-state index contributed by atoms with van der Waals surface area (Å²) in [7, 11) is 0. The van der Waals surface area contributed by atoms with Crippen LogP contribution in [0.5, 0.6) is 0 Å². The largest absolute Gasteiger partial charge is 0.465 e. The number of nitrogens with zero attached hydrogens (tertiary/aromatic N) is 2. The van der Waals surface area contributed by atoms with Crippen LogP contribution in [0.4, 0.5) is 4.79 Å². The van der Waals surface area contributed by atoms with Gasteiger partial charge in [0.05, 0.1) is 29.3 Å². The number of halogens is 1. The number of carbonyl (C=O) groups excluding carboxylic acids is 1. The summed E-state index contributed by atoms with van der Waals surface area (Å²) in [5.41, 5.74) is 2.10. The van der Waals surface area contributed by atoms with Crippen LogP contribution >= 0.6 is 11.6 Å². The Balaban J connectivity index is 1.52. The van der Waals surface area contributed by atoms with Crippen LogP contribution in [0.1, 0.15) is 27.6 Å². The summed E-state index contributed by atoms with van der Waals surface area (Å²) in [5.74, 6) is -0.340. The molecule has 2 fully saturated rings. The molecular weight excluding hydrogens is 336 g/mol. The first-order chi connectivity index (χ1) is 11.5. The average molecular weight is 353 g/mol.